The summed E-state index contributed by atoms with van der Waals surface area (Å²) in [6.45, 7) is 3.90. The normalized spacial score (nSPS) is 9.57. The summed E-state index contributed by atoms with van der Waals surface area (Å²) in [6.07, 6.45) is 5.05. The van der Waals surface area contributed by atoms with Crippen molar-refractivity contribution in [3.05, 3.63) is 17.0 Å². The lowest BCUT2D eigenvalue weighted by molar-refractivity contribution is 0.0957. The van der Waals surface area contributed by atoms with Crippen LogP contribution in [0, 0.1) is 26.2 Å². The molecular formula is C10H13N3O. The highest BCUT2D eigenvalue weighted by Gasteiger charge is 2.15. The lowest BCUT2D eigenvalue weighted by Gasteiger charge is -2.01. The van der Waals surface area contributed by atoms with Gasteiger partial charge in [-0.1, -0.05) is 5.92 Å². The van der Waals surface area contributed by atoms with E-state index in [-0.39, 0.29) is 12.5 Å². The molecule has 1 N–H and O–H groups in total. The van der Waals surface area contributed by atoms with Gasteiger partial charge in [-0.3, -0.25) is 9.48 Å². The molecule has 0 radical (unpaired) electrons. The lowest BCUT2D eigenvalue weighted by atomic mass is 10.2. The van der Waals surface area contributed by atoms with E-state index in [1.54, 1.807) is 18.7 Å². The molecule has 0 atom stereocenters. The van der Waals surface area contributed by atoms with Gasteiger partial charge in [-0.05, 0) is 13.8 Å². The maximum Gasteiger partial charge on any atom is 0.255 e. The molecule has 14 heavy (non-hydrogen) atoms. The highest BCUT2D eigenvalue weighted by Crippen LogP contribution is 2.10. The number of aromatic nitrogens is 2. The highest BCUT2D eigenvalue weighted by atomic mass is 16.1. The van der Waals surface area contributed by atoms with Gasteiger partial charge in [0.1, 0.15) is 0 Å². The molecule has 1 heterocycles. The molecule has 0 bridgehead atoms. The quantitative estimate of drug-likeness (QED) is 0.688. The second-order valence-electron chi connectivity index (χ2n) is 3.06. The number of terminal acetylenes is 1. The Morgan fingerprint density at radius 2 is 2.29 bits per heavy atom. The zero-order valence-electron chi connectivity index (χ0n) is 8.59. The van der Waals surface area contributed by atoms with Gasteiger partial charge < -0.3 is 5.32 Å². The summed E-state index contributed by atoms with van der Waals surface area (Å²) in [5, 5.41) is 6.76. The number of carbonyl (C=O) groups excluding carboxylic acids is 1. The van der Waals surface area contributed by atoms with E-state index in [4.69, 9.17) is 6.42 Å². The standard InChI is InChI=1S/C10H13N3O/c1-5-6-11-10(14)9-7(2)12-13(4)8(9)3/h1H,6H2,2-4H3,(H,11,14). The monoisotopic (exact) mass is 191 g/mol. The molecule has 0 aliphatic carbocycles. The average molecular weight is 191 g/mol. The van der Waals surface area contributed by atoms with Crippen LogP contribution in [0.4, 0.5) is 0 Å². The Morgan fingerprint density at radius 1 is 1.64 bits per heavy atom. The molecule has 0 aliphatic rings. The summed E-state index contributed by atoms with van der Waals surface area (Å²) >= 11 is 0. The number of rotatable bonds is 2. The molecule has 74 valence electrons. The van der Waals surface area contributed by atoms with E-state index >= 15 is 0 Å². The zero-order chi connectivity index (χ0) is 10.7. The van der Waals surface area contributed by atoms with Crippen molar-refractivity contribution < 1.29 is 4.79 Å². The van der Waals surface area contributed by atoms with Crippen LogP contribution in [0.5, 0.6) is 0 Å². The van der Waals surface area contributed by atoms with Crippen molar-refractivity contribution in [3.63, 3.8) is 0 Å². The van der Waals surface area contributed by atoms with Gasteiger partial charge in [0.05, 0.1) is 17.8 Å². The van der Waals surface area contributed by atoms with Crippen LogP contribution in [0.2, 0.25) is 0 Å². The minimum atomic E-state index is -0.161. The van der Waals surface area contributed by atoms with Crippen LogP contribution in [0.3, 0.4) is 0 Å². The molecule has 0 aromatic carbocycles. The molecule has 1 amide bonds. The fraction of sp³-hybridized carbons (Fsp3) is 0.400. The van der Waals surface area contributed by atoms with Crippen LogP contribution < -0.4 is 5.32 Å². The molecule has 1 rings (SSSR count). The molecule has 0 spiro atoms. The first kappa shape index (κ1) is 10.3. The number of nitrogens with one attached hydrogen (secondary N) is 1. The van der Waals surface area contributed by atoms with E-state index < -0.39 is 0 Å². The van der Waals surface area contributed by atoms with Crippen LogP contribution in [0.15, 0.2) is 0 Å². The number of hydrogen-bond acceptors (Lipinski definition) is 2. The SMILES string of the molecule is C#CCNC(=O)c1c(C)nn(C)c1C. The molecule has 0 aliphatic heterocycles. The fourth-order valence-electron chi connectivity index (χ4n) is 1.32. The van der Waals surface area contributed by atoms with Gasteiger partial charge in [-0.25, -0.2) is 0 Å². The number of amides is 1. The third-order valence-corrected chi connectivity index (χ3v) is 2.09. The molecule has 1 aromatic heterocycles. The first-order valence-corrected chi connectivity index (χ1v) is 4.29. The van der Waals surface area contributed by atoms with Crippen molar-refractivity contribution >= 4 is 5.91 Å². The van der Waals surface area contributed by atoms with E-state index in [2.05, 4.69) is 16.3 Å². The first-order valence-electron chi connectivity index (χ1n) is 4.29. The fourth-order valence-corrected chi connectivity index (χ4v) is 1.32. The number of nitrogens with zero attached hydrogens (tertiary/aromatic N) is 2. The Morgan fingerprint density at radius 3 is 2.71 bits per heavy atom. The first-order chi connectivity index (χ1) is 6.57. The maximum absolute atomic E-state index is 11.6. The lowest BCUT2D eigenvalue weighted by Crippen LogP contribution is -2.24. The Bertz CT molecular complexity index is 398. The van der Waals surface area contributed by atoms with E-state index in [0.29, 0.717) is 5.56 Å². The van der Waals surface area contributed by atoms with Crippen molar-refractivity contribution in [2.75, 3.05) is 6.54 Å². The summed E-state index contributed by atoms with van der Waals surface area (Å²) in [6, 6.07) is 0. The Kier molecular flexibility index (Phi) is 2.92. The molecule has 4 nitrogen and oxygen atoms in total. The largest absolute Gasteiger partial charge is 0.341 e. The predicted molar refractivity (Wildman–Crippen MR) is 53.8 cm³/mol. The van der Waals surface area contributed by atoms with Crippen LogP contribution >= 0.6 is 0 Å². The molecular weight excluding hydrogens is 178 g/mol. The highest BCUT2D eigenvalue weighted by molar-refractivity contribution is 5.96. The summed E-state index contributed by atoms with van der Waals surface area (Å²) in [5.74, 6) is 2.19. The molecule has 1 aromatic rings. The minimum absolute atomic E-state index is 0.161. The number of hydrogen-bond donors (Lipinski definition) is 1. The summed E-state index contributed by atoms with van der Waals surface area (Å²) in [4.78, 5) is 11.6. The second kappa shape index (κ2) is 3.97. The molecule has 4 heteroatoms. The molecule has 0 unspecified atom stereocenters. The molecule has 0 fully saturated rings. The van der Waals surface area contributed by atoms with Crippen LogP contribution in [0.25, 0.3) is 0 Å². The number of carbonyl (C=O) groups is 1. The number of aryl methyl sites for hydroxylation is 2. The van der Waals surface area contributed by atoms with Gasteiger partial charge in [0.15, 0.2) is 0 Å². The summed E-state index contributed by atoms with van der Waals surface area (Å²) in [7, 11) is 1.81. The Balaban J connectivity index is 2.96. The average Bonchev–Trinajstić information content (AvgIpc) is 2.38. The Labute approximate surface area is 83.3 Å². The third kappa shape index (κ3) is 1.77. The van der Waals surface area contributed by atoms with Crippen molar-refractivity contribution in [1.29, 1.82) is 0 Å². The summed E-state index contributed by atoms with van der Waals surface area (Å²) in [5.41, 5.74) is 2.18. The Hall–Kier alpha value is -1.76. The van der Waals surface area contributed by atoms with Gasteiger partial charge in [0.2, 0.25) is 0 Å². The van der Waals surface area contributed by atoms with E-state index in [9.17, 15) is 4.79 Å². The van der Waals surface area contributed by atoms with E-state index in [0.717, 1.165) is 11.4 Å². The minimum Gasteiger partial charge on any atom is -0.341 e. The van der Waals surface area contributed by atoms with Crippen LogP contribution in [0.1, 0.15) is 21.7 Å². The zero-order valence-corrected chi connectivity index (χ0v) is 8.59. The van der Waals surface area contributed by atoms with Crippen LogP contribution in [-0.4, -0.2) is 22.2 Å². The van der Waals surface area contributed by atoms with Gasteiger partial charge in [-0.2, -0.15) is 5.10 Å². The predicted octanol–water partition coefficient (Wildman–Crippen LogP) is 0.400. The topological polar surface area (TPSA) is 46.9 Å². The van der Waals surface area contributed by atoms with E-state index in [1.165, 1.54) is 0 Å². The maximum atomic E-state index is 11.6. The van der Waals surface area contributed by atoms with E-state index in [1.807, 2.05) is 6.92 Å². The van der Waals surface area contributed by atoms with Gasteiger partial charge >= 0.3 is 0 Å². The van der Waals surface area contributed by atoms with Crippen LogP contribution in [-0.2, 0) is 7.05 Å². The van der Waals surface area contributed by atoms with Crippen molar-refractivity contribution in [2.45, 2.75) is 13.8 Å². The van der Waals surface area contributed by atoms with Crippen molar-refractivity contribution in [3.8, 4) is 12.3 Å². The van der Waals surface area contributed by atoms with Crippen molar-refractivity contribution in [1.82, 2.24) is 15.1 Å². The third-order valence-electron chi connectivity index (χ3n) is 2.09. The van der Waals surface area contributed by atoms with Crippen molar-refractivity contribution in [2.24, 2.45) is 7.05 Å². The van der Waals surface area contributed by atoms with Gasteiger partial charge in [-0.15, -0.1) is 6.42 Å². The smallest absolute Gasteiger partial charge is 0.255 e. The van der Waals surface area contributed by atoms with Gasteiger partial charge in [0.25, 0.3) is 5.91 Å². The molecule has 0 saturated heterocycles. The summed E-state index contributed by atoms with van der Waals surface area (Å²) < 4.78 is 1.68. The second-order valence-corrected chi connectivity index (χ2v) is 3.06. The molecule has 0 saturated carbocycles. The van der Waals surface area contributed by atoms with Gasteiger partial charge in [0, 0.05) is 12.7 Å².